The summed E-state index contributed by atoms with van der Waals surface area (Å²) < 4.78 is 5.11. The first-order chi connectivity index (χ1) is 13.5. The van der Waals surface area contributed by atoms with Crippen LogP contribution in [0.2, 0.25) is 0 Å². The van der Waals surface area contributed by atoms with E-state index in [4.69, 9.17) is 4.74 Å². The Hall–Kier alpha value is -3.94. The van der Waals surface area contributed by atoms with E-state index in [9.17, 15) is 9.59 Å². The van der Waals surface area contributed by atoms with Gasteiger partial charge in [-0.2, -0.15) is 0 Å². The molecular formula is C20H19N5O3. The van der Waals surface area contributed by atoms with Crippen molar-refractivity contribution < 1.29 is 14.3 Å². The lowest BCUT2D eigenvalue weighted by Gasteiger charge is -2.08. The first-order valence-corrected chi connectivity index (χ1v) is 8.45. The second-order valence-electron chi connectivity index (χ2n) is 5.86. The van der Waals surface area contributed by atoms with E-state index in [1.807, 2.05) is 24.3 Å². The number of ether oxygens (including phenoxy) is 1. The summed E-state index contributed by atoms with van der Waals surface area (Å²) in [5, 5.41) is 8.47. The summed E-state index contributed by atoms with van der Waals surface area (Å²) in [6.45, 7) is 1.43. The van der Waals surface area contributed by atoms with Crippen LogP contribution in [0.5, 0.6) is 5.75 Å². The predicted octanol–water partition coefficient (Wildman–Crippen LogP) is 3.44. The monoisotopic (exact) mass is 377 g/mol. The maximum atomic E-state index is 12.3. The van der Waals surface area contributed by atoms with E-state index in [2.05, 4.69) is 25.9 Å². The molecule has 0 aliphatic rings. The van der Waals surface area contributed by atoms with Gasteiger partial charge < -0.3 is 20.7 Å². The predicted molar refractivity (Wildman–Crippen MR) is 107 cm³/mol. The summed E-state index contributed by atoms with van der Waals surface area (Å²) in [6.07, 6.45) is 2.89. The summed E-state index contributed by atoms with van der Waals surface area (Å²) in [4.78, 5) is 31.7. The number of hydrogen-bond acceptors (Lipinski definition) is 6. The minimum Gasteiger partial charge on any atom is -0.497 e. The second-order valence-corrected chi connectivity index (χ2v) is 5.86. The summed E-state index contributed by atoms with van der Waals surface area (Å²) in [7, 11) is 1.60. The molecule has 142 valence electrons. The normalized spacial score (nSPS) is 10.1. The molecule has 0 fully saturated rings. The lowest BCUT2D eigenvalue weighted by atomic mass is 10.2. The van der Waals surface area contributed by atoms with Gasteiger partial charge in [-0.25, -0.2) is 9.97 Å². The number of methoxy groups -OCH3 is 1. The van der Waals surface area contributed by atoms with Gasteiger partial charge in [-0.1, -0.05) is 0 Å². The van der Waals surface area contributed by atoms with Crippen LogP contribution in [0.15, 0.2) is 60.9 Å². The first kappa shape index (κ1) is 18.8. The molecule has 0 aliphatic heterocycles. The number of amides is 2. The molecule has 2 aromatic carbocycles. The zero-order valence-electron chi connectivity index (χ0n) is 15.4. The van der Waals surface area contributed by atoms with Gasteiger partial charge in [0.15, 0.2) is 0 Å². The average molecular weight is 377 g/mol. The van der Waals surface area contributed by atoms with Gasteiger partial charge in [0.05, 0.1) is 12.7 Å². The molecule has 0 spiro atoms. The molecule has 0 saturated carbocycles. The number of anilines is 4. The summed E-state index contributed by atoms with van der Waals surface area (Å²) in [6, 6.07) is 14.1. The van der Waals surface area contributed by atoms with Crippen molar-refractivity contribution in [1.29, 1.82) is 0 Å². The Morgan fingerprint density at radius 3 is 1.89 bits per heavy atom. The van der Waals surface area contributed by atoms with E-state index >= 15 is 0 Å². The third-order valence-electron chi connectivity index (χ3n) is 3.72. The number of nitrogens with zero attached hydrogens (tertiary/aromatic N) is 2. The Kier molecular flexibility index (Phi) is 5.81. The highest BCUT2D eigenvalue weighted by Crippen LogP contribution is 2.18. The van der Waals surface area contributed by atoms with E-state index in [1.165, 1.54) is 19.3 Å². The fourth-order valence-electron chi connectivity index (χ4n) is 2.36. The van der Waals surface area contributed by atoms with Crippen LogP contribution in [-0.2, 0) is 4.79 Å². The Balaban J connectivity index is 1.60. The van der Waals surface area contributed by atoms with Crippen molar-refractivity contribution in [1.82, 2.24) is 9.97 Å². The molecule has 3 aromatic rings. The molecule has 0 bridgehead atoms. The molecule has 0 aliphatic carbocycles. The van der Waals surface area contributed by atoms with Crippen LogP contribution in [0.25, 0.3) is 0 Å². The molecular weight excluding hydrogens is 358 g/mol. The van der Waals surface area contributed by atoms with Crippen molar-refractivity contribution in [2.24, 2.45) is 0 Å². The fourth-order valence-corrected chi connectivity index (χ4v) is 2.36. The molecule has 0 atom stereocenters. The molecule has 3 rings (SSSR count). The van der Waals surface area contributed by atoms with Crippen LogP contribution in [0.1, 0.15) is 17.3 Å². The van der Waals surface area contributed by atoms with Gasteiger partial charge in [-0.15, -0.1) is 0 Å². The van der Waals surface area contributed by atoms with Crippen molar-refractivity contribution in [3.05, 3.63) is 66.5 Å². The van der Waals surface area contributed by atoms with E-state index in [-0.39, 0.29) is 11.8 Å². The van der Waals surface area contributed by atoms with E-state index < -0.39 is 0 Å². The maximum absolute atomic E-state index is 12.3. The van der Waals surface area contributed by atoms with Gasteiger partial charge in [-0.3, -0.25) is 9.59 Å². The fraction of sp³-hybridized carbons (Fsp3) is 0.100. The summed E-state index contributed by atoms with van der Waals surface area (Å²) >= 11 is 0. The number of rotatable bonds is 6. The third kappa shape index (κ3) is 5.04. The van der Waals surface area contributed by atoms with Crippen LogP contribution in [0.4, 0.5) is 23.0 Å². The molecule has 3 N–H and O–H groups in total. The van der Waals surface area contributed by atoms with Crippen molar-refractivity contribution in [3.8, 4) is 5.75 Å². The first-order valence-electron chi connectivity index (χ1n) is 8.45. The van der Waals surface area contributed by atoms with Crippen molar-refractivity contribution in [3.63, 3.8) is 0 Å². The quantitative estimate of drug-likeness (QED) is 0.608. The summed E-state index contributed by atoms with van der Waals surface area (Å²) in [5.74, 6) is 0.644. The van der Waals surface area contributed by atoms with E-state index in [0.717, 1.165) is 11.4 Å². The zero-order chi connectivity index (χ0) is 19.9. The maximum Gasteiger partial charge on any atom is 0.258 e. The molecule has 8 nitrogen and oxygen atoms in total. The molecule has 28 heavy (non-hydrogen) atoms. The van der Waals surface area contributed by atoms with Crippen molar-refractivity contribution in [2.45, 2.75) is 6.92 Å². The highest BCUT2D eigenvalue weighted by Gasteiger charge is 2.08. The van der Waals surface area contributed by atoms with Gasteiger partial charge in [0.2, 0.25) is 11.9 Å². The third-order valence-corrected chi connectivity index (χ3v) is 3.72. The van der Waals surface area contributed by atoms with Crippen LogP contribution < -0.4 is 20.7 Å². The van der Waals surface area contributed by atoms with Crippen LogP contribution in [0.3, 0.4) is 0 Å². The number of hydrogen-bond donors (Lipinski definition) is 3. The molecule has 2 amide bonds. The molecule has 1 heterocycles. The minimum absolute atomic E-state index is 0.155. The summed E-state index contributed by atoms with van der Waals surface area (Å²) in [5.41, 5.74) is 2.38. The highest BCUT2D eigenvalue weighted by atomic mass is 16.5. The Bertz CT molecular complexity index is 955. The van der Waals surface area contributed by atoms with Crippen LogP contribution in [0, 0.1) is 0 Å². The largest absolute Gasteiger partial charge is 0.497 e. The molecule has 1 aromatic heterocycles. The second kappa shape index (κ2) is 8.63. The molecule has 0 unspecified atom stereocenters. The standard InChI is InChI=1S/C20H19N5O3/c1-13(26)23-15-3-5-16(6-4-15)24-19(27)14-11-21-20(22-12-14)25-17-7-9-18(28-2)10-8-17/h3-12H,1-2H3,(H,23,26)(H,24,27)(H,21,22,25). The number of aromatic nitrogens is 2. The SMILES string of the molecule is COc1ccc(Nc2ncc(C(=O)Nc3ccc(NC(C)=O)cc3)cn2)cc1. The zero-order valence-corrected chi connectivity index (χ0v) is 15.4. The number of carbonyl (C=O) groups excluding carboxylic acids is 2. The molecule has 0 saturated heterocycles. The van der Waals surface area contributed by atoms with Crippen molar-refractivity contribution >= 4 is 34.8 Å². The lowest BCUT2D eigenvalue weighted by Crippen LogP contribution is -2.13. The topological polar surface area (TPSA) is 105 Å². The van der Waals surface area contributed by atoms with Gasteiger partial charge >= 0.3 is 0 Å². The Labute approximate surface area is 162 Å². The number of carbonyl (C=O) groups is 2. The smallest absolute Gasteiger partial charge is 0.258 e. The van der Waals surface area contributed by atoms with E-state index in [1.54, 1.807) is 31.4 Å². The number of nitrogens with one attached hydrogen (secondary N) is 3. The van der Waals surface area contributed by atoms with Crippen molar-refractivity contribution in [2.75, 3.05) is 23.1 Å². The average Bonchev–Trinajstić information content (AvgIpc) is 2.70. The Morgan fingerprint density at radius 1 is 0.821 bits per heavy atom. The van der Waals surface area contributed by atoms with Gasteiger partial charge in [-0.05, 0) is 48.5 Å². The lowest BCUT2D eigenvalue weighted by molar-refractivity contribution is -0.114. The van der Waals surface area contributed by atoms with Crippen LogP contribution in [-0.4, -0.2) is 28.9 Å². The number of benzene rings is 2. The minimum atomic E-state index is -0.330. The van der Waals surface area contributed by atoms with Gasteiger partial charge in [0.25, 0.3) is 5.91 Å². The van der Waals surface area contributed by atoms with Crippen LogP contribution >= 0.6 is 0 Å². The Morgan fingerprint density at radius 2 is 1.36 bits per heavy atom. The molecule has 8 heteroatoms. The van der Waals surface area contributed by atoms with E-state index in [0.29, 0.717) is 22.9 Å². The molecule has 0 radical (unpaired) electrons. The highest BCUT2D eigenvalue weighted by molar-refractivity contribution is 6.04. The van der Waals surface area contributed by atoms with Gasteiger partial charge in [0, 0.05) is 36.4 Å². The van der Waals surface area contributed by atoms with Gasteiger partial charge in [0.1, 0.15) is 5.75 Å².